The fourth-order valence-electron chi connectivity index (χ4n) is 14.1. The molecule has 2 aromatic carbocycles. The summed E-state index contributed by atoms with van der Waals surface area (Å²) in [7, 11) is 7.08. The molecule has 4 bridgehead atoms. The molecule has 2 amide bonds. The van der Waals surface area contributed by atoms with Crippen LogP contribution in [0.15, 0.2) is 60.7 Å². The minimum absolute atomic E-state index is 0.0202. The van der Waals surface area contributed by atoms with E-state index in [2.05, 4.69) is 54.8 Å². The Hall–Kier alpha value is -7.02. The summed E-state index contributed by atoms with van der Waals surface area (Å²) in [4.78, 5) is 53.9. The number of aromatic nitrogens is 8. The second-order valence-electron chi connectivity index (χ2n) is 23.5. The number of imidazole rings is 2. The highest BCUT2D eigenvalue weighted by atomic mass is 16.5. The van der Waals surface area contributed by atoms with Gasteiger partial charge in [-0.15, -0.1) is 0 Å². The Morgan fingerprint density at radius 3 is 1.97 bits per heavy atom. The fourth-order valence-corrected chi connectivity index (χ4v) is 14.1. The predicted molar refractivity (Wildman–Crippen MR) is 294 cm³/mol. The first-order valence-corrected chi connectivity index (χ1v) is 27.8. The number of methoxy groups -OCH3 is 3. The molecule has 6 aliphatic rings. The van der Waals surface area contributed by atoms with Crippen molar-refractivity contribution >= 4 is 61.8 Å². The van der Waals surface area contributed by atoms with Crippen molar-refractivity contribution in [3.63, 3.8) is 0 Å². The highest BCUT2D eigenvalue weighted by Gasteiger charge is 2.50. The zero-order valence-electron chi connectivity index (χ0n) is 45.0. The first-order valence-electron chi connectivity index (χ1n) is 27.8. The van der Waals surface area contributed by atoms with Gasteiger partial charge in [-0.2, -0.15) is 0 Å². The molecule has 18 heteroatoms. The van der Waals surface area contributed by atoms with Crippen LogP contribution in [0.2, 0.25) is 0 Å². The molecule has 0 spiro atoms. The molecule has 4 N–H and O–H groups in total. The number of carbonyl (C=O) groups is 2. The summed E-state index contributed by atoms with van der Waals surface area (Å²) in [6, 6.07) is 20.2. The lowest BCUT2D eigenvalue weighted by atomic mass is 9.88. The van der Waals surface area contributed by atoms with Crippen LogP contribution in [0.4, 0.5) is 5.82 Å². The number of anilines is 1. The maximum absolute atomic E-state index is 14.8. The number of amides is 2. The molecule has 77 heavy (non-hydrogen) atoms. The molecule has 0 radical (unpaired) electrons. The SMILES string of the molecule is CCn1c(-c2nc3cc(C(=O)N4C[C@H]5CC[C@@H]4[C@@H]5N)cc(OC)c3n2C2CC(OC)C2)cc2ccc(N[C@@H]3[C@@H]4CC[C@H]3N(C(=O)c3cc(OC)c5c(c3)nc(-c3cc6ccc(C(C)(C)O)nc6n3CC3CC3)n5C)C4)nc21. The number of ether oxygens (including phenoxy) is 3. The standard InChI is InChI=1S/C59H68N12O6/c1-8-67-44(56-62-40-20-36(57(72)69-28-33-11-15-41(69)49(33)60)24-46(77-7)52(40)71(56)37-25-38(26-37)75-5)22-32-14-18-48(65-54(32)67)64-50-34-12-16-42(50)70(29-34)58(73)35-19-39-51(45(23-35)76-6)66(4)55(61-39)43-21-31-13-17-47(59(2,3)74)63-53(31)68(43)27-30-9-10-30/h13-14,17-24,30,33-34,37-38,41-42,49-50,74H,8-12,15-16,25-29,60H2,1-7H3,(H,64,65)/t33-,34-,37?,38?,41-,42-,49-,50-/m1/s1. The Morgan fingerprint density at radius 2 is 1.34 bits per heavy atom. The molecule has 14 rings (SSSR count). The van der Waals surface area contributed by atoms with Crippen molar-refractivity contribution in [2.45, 2.75) is 127 Å². The predicted octanol–water partition coefficient (Wildman–Crippen LogP) is 8.26. The van der Waals surface area contributed by atoms with Crippen LogP contribution in [-0.2, 0) is 30.5 Å². The molecule has 4 saturated carbocycles. The summed E-state index contributed by atoms with van der Waals surface area (Å²) in [6.45, 7) is 8.44. The lowest BCUT2D eigenvalue weighted by Crippen LogP contribution is -2.41. The molecule has 2 saturated heterocycles. The number of aliphatic hydroxyl groups is 1. The number of pyridine rings is 2. The smallest absolute Gasteiger partial charge is 0.254 e. The number of hydrogen-bond donors (Lipinski definition) is 3. The minimum Gasteiger partial charge on any atom is -0.494 e. The number of benzene rings is 2. The molecule has 18 nitrogen and oxygen atoms in total. The quantitative estimate of drug-likeness (QED) is 0.0944. The van der Waals surface area contributed by atoms with Gasteiger partial charge in [-0.25, -0.2) is 19.9 Å². The number of rotatable bonds is 14. The summed E-state index contributed by atoms with van der Waals surface area (Å²) >= 11 is 0. The van der Waals surface area contributed by atoms with Crippen LogP contribution in [-0.4, -0.2) is 130 Å². The van der Waals surface area contributed by atoms with Crippen LogP contribution in [0, 0.1) is 17.8 Å². The van der Waals surface area contributed by atoms with Crippen molar-refractivity contribution in [3.8, 4) is 34.5 Å². The van der Waals surface area contributed by atoms with Crippen LogP contribution in [0.5, 0.6) is 11.5 Å². The van der Waals surface area contributed by atoms with Crippen molar-refractivity contribution in [1.29, 1.82) is 0 Å². The van der Waals surface area contributed by atoms with Crippen molar-refractivity contribution in [2.24, 2.45) is 30.5 Å². The third-order valence-corrected chi connectivity index (χ3v) is 18.5. The van der Waals surface area contributed by atoms with Crippen molar-refractivity contribution in [3.05, 3.63) is 77.5 Å². The molecule has 6 atom stereocenters. The van der Waals surface area contributed by atoms with Crippen molar-refractivity contribution < 1.29 is 28.9 Å². The second kappa shape index (κ2) is 17.8. The number of nitrogens with zero attached hydrogens (tertiary/aromatic N) is 10. The van der Waals surface area contributed by atoms with Gasteiger partial charge in [0.2, 0.25) is 0 Å². The molecule has 400 valence electrons. The van der Waals surface area contributed by atoms with E-state index in [1.165, 1.54) is 12.8 Å². The molecule has 8 aromatic rings. The fraction of sp³-hybridized carbons (Fsp3) is 0.492. The third kappa shape index (κ3) is 7.59. The third-order valence-electron chi connectivity index (χ3n) is 18.5. The summed E-state index contributed by atoms with van der Waals surface area (Å²) < 4.78 is 26.8. The second-order valence-corrected chi connectivity index (χ2v) is 23.5. The molecule has 2 aliphatic heterocycles. The van der Waals surface area contributed by atoms with Gasteiger partial charge in [-0.05, 0) is 151 Å². The lowest BCUT2D eigenvalue weighted by Gasteiger charge is -2.36. The molecule has 6 fully saturated rings. The minimum atomic E-state index is -1.08. The van der Waals surface area contributed by atoms with E-state index in [-0.39, 0.29) is 54.0 Å². The van der Waals surface area contributed by atoms with Gasteiger partial charge in [-0.1, -0.05) is 0 Å². The number of nitrogens with one attached hydrogen (secondary N) is 1. The zero-order chi connectivity index (χ0) is 52.9. The average Bonchev–Trinajstić information content (AvgIpc) is 4.18. The normalized spacial score (nSPS) is 24.8. The van der Waals surface area contributed by atoms with E-state index in [0.29, 0.717) is 70.8 Å². The number of carbonyl (C=O) groups excluding carboxylic acids is 2. The number of nitrogens with two attached hydrogens (primary N) is 1. The lowest BCUT2D eigenvalue weighted by molar-refractivity contribution is 0.00771. The van der Waals surface area contributed by atoms with Crippen LogP contribution in [0.1, 0.15) is 105 Å². The molecular weight excluding hydrogens is 973 g/mol. The number of piperidine rings is 2. The Morgan fingerprint density at radius 1 is 0.727 bits per heavy atom. The number of hydrogen-bond acceptors (Lipinski definition) is 12. The van der Waals surface area contributed by atoms with Crippen LogP contribution in [0.25, 0.3) is 67.2 Å². The number of aryl methyl sites for hydroxylation is 2. The van der Waals surface area contributed by atoms with E-state index in [1.54, 1.807) is 35.2 Å². The van der Waals surface area contributed by atoms with Crippen molar-refractivity contribution in [1.82, 2.24) is 48.0 Å². The topological polar surface area (TPSA) is 198 Å². The van der Waals surface area contributed by atoms with Crippen LogP contribution in [0.3, 0.4) is 0 Å². The first-order chi connectivity index (χ1) is 37.2. The van der Waals surface area contributed by atoms with E-state index < -0.39 is 5.60 Å². The van der Waals surface area contributed by atoms with Crippen molar-refractivity contribution in [2.75, 3.05) is 39.7 Å². The van der Waals surface area contributed by atoms with Gasteiger partial charge in [0.1, 0.15) is 45.2 Å². The average molecular weight is 1040 g/mol. The van der Waals surface area contributed by atoms with Crippen LogP contribution < -0.4 is 20.5 Å². The molecular formula is C59H68N12O6. The molecule has 0 unspecified atom stereocenters. The largest absolute Gasteiger partial charge is 0.494 e. The van der Waals surface area contributed by atoms with Gasteiger partial charge in [0.25, 0.3) is 11.8 Å². The Kier molecular flexibility index (Phi) is 11.2. The maximum Gasteiger partial charge on any atom is 0.254 e. The summed E-state index contributed by atoms with van der Waals surface area (Å²) in [5.41, 5.74) is 13.8. The highest BCUT2D eigenvalue weighted by molar-refractivity contribution is 6.02. The maximum atomic E-state index is 14.8. The van der Waals surface area contributed by atoms with E-state index in [1.807, 2.05) is 53.2 Å². The summed E-state index contributed by atoms with van der Waals surface area (Å²) in [6.07, 6.45) is 8.06. The Labute approximate surface area is 446 Å². The van der Waals surface area contributed by atoms with Gasteiger partial charge < -0.3 is 58.4 Å². The number of fused-ring (bicyclic) bond motifs is 8. The van der Waals surface area contributed by atoms with Gasteiger partial charge in [0, 0.05) is 80.4 Å². The first kappa shape index (κ1) is 48.4. The summed E-state index contributed by atoms with van der Waals surface area (Å²) in [5, 5.41) is 16.7. The van der Waals surface area contributed by atoms with Gasteiger partial charge in [-0.3, -0.25) is 9.59 Å². The van der Waals surface area contributed by atoms with Gasteiger partial charge in [0.05, 0.1) is 60.5 Å². The number of likely N-dealkylation sites (tertiary alicyclic amines) is 2. The van der Waals surface area contributed by atoms with E-state index >= 15 is 0 Å². The molecule has 8 heterocycles. The monoisotopic (exact) mass is 1040 g/mol. The van der Waals surface area contributed by atoms with Gasteiger partial charge >= 0.3 is 0 Å². The van der Waals surface area contributed by atoms with E-state index in [0.717, 1.165) is 107 Å². The van der Waals surface area contributed by atoms with E-state index in [9.17, 15) is 14.7 Å². The molecule has 6 aromatic heterocycles. The molecule has 4 aliphatic carbocycles. The van der Waals surface area contributed by atoms with E-state index in [4.69, 9.17) is 39.9 Å². The van der Waals surface area contributed by atoms with Crippen LogP contribution >= 0.6 is 0 Å². The zero-order valence-corrected chi connectivity index (χ0v) is 45.0. The summed E-state index contributed by atoms with van der Waals surface area (Å²) in [5.74, 6) is 4.63. The van der Waals surface area contributed by atoms with Gasteiger partial charge in [0.15, 0.2) is 11.6 Å². The Bertz CT molecular complexity index is 3720. The highest BCUT2D eigenvalue weighted by Crippen LogP contribution is 2.46. The Balaban J connectivity index is 0.759.